The topological polar surface area (TPSA) is 96.6 Å². The van der Waals surface area contributed by atoms with Crippen LogP contribution in [0.5, 0.6) is 5.75 Å². The Labute approximate surface area is 160 Å². The molecule has 0 saturated heterocycles. The van der Waals surface area contributed by atoms with Crippen molar-refractivity contribution in [2.24, 2.45) is 5.92 Å². The summed E-state index contributed by atoms with van der Waals surface area (Å²) in [6.45, 7) is 12.3. The fraction of sp³-hybridized carbons (Fsp3) is 0.600. The maximum atomic E-state index is 11.4. The molecule has 7 heteroatoms. The van der Waals surface area contributed by atoms with Gasteiger partial charge in [-0.25, -0.2) is 0 Å². The Morgan fingerprint density at radius 2 is 2.04 bits per heavy atom. The van der Waals surface area contributed by atoms with E-state index in [9.17, 15) is 9.90 Å². The lowest BCUT2D eigenvalue weighted by molar-refractivity contribution is -0.114. The standard InChI is InChI=1S/C20H31N3O4/c1-12(2)9-16-18-17(26-11-14(25)10-21-20(4,5)6)8-7-15(22-13(3)24)19(18)27-23-16/h7-8,12,14,21,25H,9-11H2,1-6H3,(H,22,24). The summed E-state index contributed by atoms with van der Waals surface area (Å²) in [6.07, 6.45) is 0.0730. The Balaban J connectivity index is 2.24. The lowest BCUT2D eigenvalue weighted by Crippen LogP contribution is -2.42. The average molecular weight is 377 g/mol. The molecular weight excluding hydrogens is 346 g/mol. The second kappa shape index (κ2) is 8.71. The van der Waals surface area contributed by atoms with Gasteiger partial charge in [0.05, 0.1) is 16.8 Å². The van der Waals surface area contributed by atoms with Crippen molar-refractivity contribution in [1.82, 2.24) is 10.5 Å². The lowest BCUT2D eigenvalue weighted by atomic mass is 10.0. The molecule has 1 amide bonds. The highest BCUT2D eigenvalue weighted by Crippen LogP contribution is 2.35. The van der Waals surface area contributed by atoms with Crippen LogP contribution in [0.15, 0.2) is 16.7 Å². The van der Waals surface area contributed by atoms with Crippen LogP contribution in [0.25, 0.3) is 11.0 Å². The van der Waals surface area contributed by atoms with Crippen molar-refractivity contribution < 1.29 is 19.2 Å². The predicted molar refractivity (Wildman–Crippen MR) is 106 cm³/mol. The lowest BCUT2D eigenvalue weighted by Gasteiger charge is -2.23. The first-order valence-corrected chi connectivity index (χ1v) is 9.31. The van der Waals surface area contributed by atoms with E-state index in [2.05, 4.69) is 29.6 Å². The van der Waals surface area contributed by atoms with Gasteiger partial charge in [0.15, 0.2) is 5.58 Å². The van der Waals surface area contributed by atoms with E-state index in [1.165, 1.54) is 6.92 Å². The van der Waals surface area contributed by atoms with E-state index >= 15 is 0 Å². The Morgan fingerprint density at radius 1 is 1.33 bits per heavy atom. The van der Waals surface area contributed by atoms with E-state index in [1.807, 2.05) is 20.8 Å². The number of anilines is 1. The van der Waals surface area contributed by atoms with Crippen molar-refractivity contribution in [3.63, 3.8) is 0 Å². The van der Waals surface area contributed by atoms with E-state index in [-0.39, 0.29) is 18.1 Å². The molecule has 2 aromatic rings. The fourth-order valence-corrected chi connectivity index (χ4v) is 2.68. The van der Waals surface area contributed by atoms with E-state index in [1.54, 1.807) is 12.1 Å². The number of nitrogens with zero attached hydrogens (tertiary/aromatic N) is 1. The maximum absolute atomic E-state index is 11.4. The fourth-order valence-electron chi connectivity index (χ4n) is 2.68. The van der Waals surface area contributed by atoms with Crippen molar-refractivity contribution in [1.29, 1.82) is 0 Å². The minimum atomic E-state index is -0.650. The summed E-state index contributed by atoms with van der Waals surface area (Å²) in [5.74, 6) is 0.790. The number of nitrogens with one attached hydrogen (secondary N) is 2. The summed E-state index contributed by atoms with van der Waals surface area (Å²) in [5, 5.41) is 21.1. The van der Waals surface area contributed by atoms with Crippen molar-refractivity contribution in [3.8, 4) is 5.75 Å². The van der Waals surface area contributed by atoms with Crippen LogP contribution in [0, 0.1) is 5.92 Å². The third-order valence-corrected chi connectivity index (χ3v) is 3.87. The molecule has 2 rings (SSSR count). The summed E-state index contributed by atoms with van der Waals surface area (Å²) in [7, 11) is 0. The summed E-state index contributed by atoms with van der Waals surface area (Å²) < 4.78 is 11.4. The number of aliphatic hydroxyl groups excluding tert-OH is 1. The molecule has 0 aliphatic carbocycles. The van der Waals surface area contributed by atoms with Gasteiger partial charge in [-0.3, -0.25) is 4.79 Å². The monoisotopic (exact) mass is 377 g/mol. The second-order valence-corrected chi connectivity index (χ2v) is 8.32. The predicted octanol–water partition coefficient (Wildman–Crippen LogP) is 3.11. The quantitative estimate of drug-likeness (QED) is 0.654. The zero-order chi connectivity index (χ0) is 20.2. The van der Waals surface area contributed by atoms with Crippen LogP contribution in [0.1, 0.15) is 47.2 Å². The number of ether oxygens (including phenoxy) is 1. The van der Waals surface area contributed by atoms with Gasteiger partial charge in [-0.2, -0.15) is 0 Å². The Kier molecular flexibility index (Phi) is 6.84. The van der Waals surface area contributed by atoms with Gasteiger partial charge in [0, 0.05) is 19.0 Å². The van der Waals surface area contributed by atoms with E-state index in [4.69, 9.17) is 9.26 Å². The Bertz CT molecular complexity index is 777. The first kappa shape index (κ1) is 21.2. The molecule has 0 aliphatic rings. The number of aliphatic hydroxyl groups is 1. The van der Waals surface area contributed by atoms with Gasteiger partial charge in [-0.15, -0.1) is 0 Å². The smallest absolute Gasteiger partial charge is 0.221 e. The molecule has 1 aromatic carbocycles. The molecule has 7 nitrogen and oxygen atoms in total. The second-order valence-electron chi connectivity index (χ2n) is 8.32. The summed E-state index contributed by atoms with van der Waals surface area (Å²) in [4.78, 5) is 11.4. The number of benzene rings is 1. The zero-order valence-corrected chi connectivity index (χ0v) is 17.0. The molecule has 0 saturated carbocycles. The van der Waals surface area contributed by atoms with E-state index < -0.39 is 6.10 Å². The number of rotatable bonds is 8. The number of carbonyl (C=O) groups is 1. The van der Waals surface area contributed by atoms with E-state index in [0.29, 0.717) is 29.5 Å². The molecule has 0 radical (unpaired) electrons. The normalized spacial score (nSPS) is 13.2. The summed E-state index contributed by atoms with van der Waals surface area (Å²) in [5.41, 5.74) is 1.75. The third kappa shape index (κ3) is 6.22. The van der Waals surface area contributed by atoms with Gasteiger partial charge >= 0.3 is 0 Å². The average Bonchev–Trinajstić information content (AvgIpc) is 2.95. The van der Waals surface area contributed by atoms with Crippen LogP contribution in [0.4, 0.5) is 5.69 Å². The molecule has 1 heterocycles. The van der Waals surface area contributed by atoms with Crippen molar-refractivity contribution in [3.05, 3.63) is 17.8 Å². The van der Waals surface area contributed by atoms with Gasteiger partial charge in [0.1, 0.15) is 18.5 Å². The maximum Gasteiger partial charge on any atom is 0.221 e. The molecule has 1 aromatic heterocycles. The van der Waals surface area contributed by atoms with Crippen LogP contribution in [0.2, 0.25) is 0 Å². The molecule has 3 N–H and O–H groups in total. The van der Waals surface area contributed by atoms with Gasteiger partial charge < -0.3 is 25.0 Å². The number of β-amino-alcohol motifs (C(OH)–C–C–N with tert-alkyl or cyclic N) is 1. The number of aromatic nitrogens is 1. The molecule has 1 unspecified atom stereocenters. The van der Waals surface area contributed by atoms with Crippen molar-refractivity contribution in [2.75, 3.05) is 18.5 Å². The number of hydrogen-bond donors (Lipinski definition) is 3. The summed E-state index contributed by atoms with van der Waals surface area (Å²) in [6, 6.07) is 3.50. The Morgan fingerprint density at radius 3 is 2.63 bits per heavy atom. The highest BCUT2D eigenvalue weighted by atomic mass is 16.5. The molecule has 1 atom stereocenters. The van der Waals surface area contributed by atoms with Crippen LogP contribution in [0.3, 0.4) is 0 Å². The third-order valence-electron chi connectivity index (χ3n) is 3.87. The largest absolute Gasteiger partial charge is 0.490 e. The van der Waals surface area contributed by atoms with Crippen LogP contribution >= 0.6 is 0 Å². The van der Waals surface area contributed by atoms with Crippen molar-refractivity contribution in [2.45, 2.75) is 59.6 Å². The first-order valence-electron chi connectivity index (χ1n) is 9.31. The molecule has 150 valence electrons. The van der Waals surface area contributed by atoms with Gasteiger partial charge in [-0.1, -0.05) is 19.0 Å². The van der Waals surface area contributed by atoms with Crippen LogP contribution < -0.4 is 15.4 Å². The Hall–Kier alpha value is -2.12. The number of fused-ring (bicyclic) bond motifs is 1. The highest BCUT2D eigenvalue weighted by molar-refractivity contribution is 6.01. The molecule has 27 heavy (non-hydrogen) atoms. The van der Waals surface area contributed by atoms with E-state index in [0.717, 1.165) is 17.5 Å². The minimum Gasteiger partial charge on any atom is -0.490 e. The highest BCUT2D eigenvalue weighted by Gasteiger charge is 2.20. The van der Waals surface area contributed by atoms with Crippen LogP contribution in [-0.4, -0.2) is 41.0 Å². The number of amides is 1. The van der Waals surface area contributed by atoms with Crippen LogP contribution in [-0.2, 0) is 11.2 Å². The first-order chi connectivity index (χ1) is 12.6. The SMILES string of the molecule is CC(=O)Nc1ccc(OCC(O)CNC(C)(C)C)c2c(CC(C)C)noc12. The van der Waals surface area contributed by atoms with Gasteiger partial charge in [0.2, 0.25) is 5.91 Å². The van der Waals surface area contributed by atoms with Crippen molar-refractivity contribution >= 4 is 22.6 Å². The molecular formula is C20H31N3O4. The minimum absolute atomic E-state index is 0.0762. The summed E-state index contributed by atoms with van der Waals surface area (Å²) >= 11 is 0. The zero-order valence-electron chi connectivity index (χ0n) is 17.0. The van der Waals surface area contributed by atoms with Gasteiger partial charge in [0.25, 0.3) is 0 Å². The number of hydrogen-bond acceptors (Lipinski definition) is 6. The molecule has 0 bridgehead atoms. The number of carbonyl (C=O) groups excluding carboxylic acids is 1. The molecule has 0 fully saturated rings. The van der Waals surface area contributed by atoms with Gasteiger partial charge in [-0.05, 0) is 45.2 Å². The molecule has 0 spiro atoms. The molecule has 0 aliphatic heterocycles.